The molecule has 0 amide bonds. The minimum atomic E-state index is 0.537. The lowest BCUT2D eigenvalue weighted by Gasteiger charge is -2.09. The third-order valence-corrected chi connectivity index (χ3v) is 3.72. The molecule has 26 heavy (non-hydrogen) atoms. The fraction of sp³-hybridized carbons (Fsp3) is 0.211. The first kappa shape index (κ1) is 17.5. The molecule has 2 aromatic heterocycles. The van der Waals surface area contributed by atoms with Crippen molar-refractivity contribution in [2.24, 2.45) is 0 Å². The lowest BCUT2D eigenvalue weighted by Crippen LogP contribution is -2.05. The molecule has 0 aliphatic heterocycles. The molecular weight excluding hydrogens is 330 g/mol. The summed E-state index contributed by atoms with van der Waals surface area (Å²) in [5.74, 6) is 2.45. The Balaban J connectivity index is 1.52. The van der Waals surface area contributed by atoms with Gasteiger partial charge in [0.1, 0.15) is 5.82 Å². The monoisotopic (exact) mass is 351 g/mol. The highest BCUT2D eigenvalue weighted by Crippen LogP contribution is 2.13. The number of methoxy groups -OCH3 is 2. The van der Waals surface area contributed by atoms with E-state index in [0.29, 0.717) is 30.8 Å². The quantitative estimate of drug-likeness (QED) is 0.645. The van der Waals surface area contributed by atoms with Gasteiger partial charge in [0.05, 0.1) is 14.2 Å². The van der Waals surface area contributed by atoms with Crippen LogP contribution in [0.3, 0.4) is 0 Å². The maximum absolute atomic E-state index is 5.12. The number of hydrogen-bond donors (Lipinski definition) is 2. The molecule has 0 spiro atoms. The smallest absolute Gasteiger partial charge is 0.226 e. The molecule has 2 heterocycles. The topological polar surface area (TPSA) is 81.2 Å². The summed E-state index contributed by atoms with van der Waals surface area (Å²) in [6.45, 7) is 1.32. The summed E-state index contributed by atoms with van der Waals surface area (Å²) in [6, 6.07) is 15.7. The third kappa shape index (κ3) is 4.83. The number of benzene rings is 1. The molecule has 134 valence electrons. The molecule has 0 atom stereocenters. The van der Waals surface area contributed by atoms with E-state index >= 15 is 0 Å². The van der Waals surface area contributed by atoms with E-state index in [4.69, 9.17) is 9.47 Å². The molecule has 0 fully saturated rings. The normalized spacial score (nSPS) is 10.2. The van der Waals surface area contributed by atoms with Gasteiger partial charge in [-0.05, 0) is 17.2 Å². The number of nitrogens with one attached hydrogen (secondary N) is 2. The van der Waals surface area contributed by atoms with Crippen LogP contribution in [0.15, 0.2) is 54.7 Å². The van der Waals surface area contributed by atoms with Crippen LogP contribution in [0.5, 0.6) is 11.8 Å². The number of nitrogens with zero attached hydrogens (tertiary/aromatic N) is 3. The van der Waals surface area contributed by atoms with E-state index in [2.05, 4.69) is 49.9 Å². The average Bonchev–Trinajstić information content (AvgIpc) is 2.72. The minimum absolute atomic E-state index is 0.537. The van der Waals surface area contributed by atoms with Crippen molar-refractivity contribution in [1.29, 1.82) is 0 Å². The van der Waals surface area contributed by atoms with Gasteiger partial charge in [-0.3, -0.25) is 0 Å². The van der Waals surface area contributed by atoms with E-state index in [1.165, 1.54) is 0 Å². The molecule has 0 aliphatic carbocycles. The highest BCUT2D eigenvalue weighted by atomic mass is 16.5. The predicted molar refractivity (Wildman–Crippen MR) is 100 cm³/mol. The third-order valence-electron chi connectivity index (χ3n) is 3.72. The SMILES string of the molecule is COc1cccc(NCc2ccc(CNc3nccc(OC)n3)cc2)n1. The fourth-order valence-corrected chi connectivity index (χ4v) is 2.32. The second-order valence-electron chi connectivity index (χ2n) is 5.51. The van der Waals surface area contributed by atoms with Crippen LogP contribution in [0.25, 0.3) is 0 Å². The number of ether oxygens (including phenoxy) is 2. The van der Waals surface area contributed by atoms with Gasteiger partial charge in [-0.1, -0.05) is 30.3 Å². The molecule has 3 aromatic rings. The standard InChI is InChI=1S/C19H21N5O2/c1-25-17-5-3-4-16(23-17)21-12-14-6-8-15(9-7-14)13-22-19-20-11-10-18(24-19)26-2/h3-11H,12-13H2,1-2H3,(H,21,23)(H,20,22,24). The van der Waals surface area contributed by atoms with Crippen molar-refractivity contribution in [3.63, 3.8) is 0 Å². The summed E-state index contributed by atoms with van der Waals surface area (Å²) >= 11 is 0. The first-order valence-electron chi connectivity index (χ1n) is 8.20. The van der Waals surface area contributed by atoms with Gasteiger partial charge in [0, 0.05) is 31.4 Å². The zero-order valence-electron chi connectivity index (χ0n) is 14.8. The van der Waals surface area contributed by atoms with Crippen molar-refractivity contribution in [3.05, 3.63) is 65.9 Å². The highest BCUT2D eigenvalue weighted by molar-refractivity contribution is 5.38. The number of pyridine rings is 1. The van der Waals surface area contributed by atoms with Crippen molar-refractivity contribution < 1.29 is 9.47 Å². The van der Waals surface area contributed by atoms with Crippen LogP contribution in [0.1, 0.15) is 11.1 Å². The summed E-state index contributed by atoms with van der Waals surface area (Å²) in [5.41, 5.74) is 2.30. The Kier molecular flexibility index (Phi) is 5.82. The highest BCUT2D eigenvalue weighted by Gasteiger charge is 2.01. The molecule has 0 unspecified atom stereocenters. The van der Waals surface area contributed by atoms with Gasteiger partial charge in [-0.25, -0.2) is 4.98 Å². The van der Waals surface area contributed by atoms with Crippen molar-refractivity contribution in [2.75, 3.05) is 24.9 Å². The Morgan fingerprint density at radius 3 is 2.12 bits per heavy atom. The van der Waals surface area contributed by atoms with Crippen LogP contribution < -0.4 is 20.1 Å². The predicted octanol–water partition coefficient (Wildman–Crippen LogP) is 3.11. The minimum Gasteiger partial charge on any atom is -0.481 e. The second kappa shape index (κ2) is 8.66. The molecule has 0 saturated carbocycles. The zero-order valence-corrected chi connectivity index (χ0v) is 14.8. The Morgan fingerprint density at radius 1 is 0.769 bits per heavy atom. The Morgan fingerprint density at radius 2 is 1.42 bits per heavy atom. The summed E-state index contributed by atoms with van der Waals surface area (Å²) in [5, 5.41) is 6.47. The molecule has 0 saturated heterocycles. The van der Waals surface area contributed by atoms with Gasteiger partial charge >= 0.3 is 0 Å². The number of rotatable bonds is 8. The van der Waals surface area contributed by atoms with Crippen molar-refractivity contribution in [2.45, 2.75) is 13.1 Å². The van der Waals surface area contributed by atoms with E-state index < -0.39 is 0 Å². The van der Waals surface area contributed by atoms with Crippen molar-refractivity contribution in [1.82, 2.24) is 15.0 Å². The van der Waals surface area contributed by atoms with E-state index in [-0.39, 0.29) is 0 Å². The maximum Gasteiger partial charge on any atom is 0.226 e. The molecular formula is C19H21N5O2. The largest absolute Gasteiger partial charge is 0.481 e. The summed E-state index contributed by atoms with van der Waals surface area (Å²) < 4.78 is 10.2. The van der Waals surface area contributed by atoms with E-state index in [1.807, 2.05) is 18.2 Å². The Bertz CT molecular complexity index is 769. The molecule has 0 bridgehead atoms. The second-order valence-corrected chi connectivity index (χ2v) is 5.51. The summed E-state index contributed by atoms with van der Waals surface area (Å²) in [6.07, 6.45) is 1.66. The lowest BCUT2D eigenvalue weighted by molar-refractivity contribution is 0.397. The van der Waals surface area contributed by atoms with Crippen molar-refractivity contribution in [3.8, 4) is 11.8 Å². The van der Waals surface area contributed by atoms with Crippen LogP contribution in [0.4, 0.5) is 11.8 Å². The average molecular weight is 351 g/mol. The molecule has 3 rings (SSSR count). The maximum atomic E-state index is 5.12. The number of hydrogen-bond acceptors (Lipinski definition) is 7. The van der Waals surface area contributed by atoms with E-state index in [1.54, 1.807) is 26.5 Å². The van der Waals surface area contributed by atoms with E-state index in [9.17, 15) is 0 Å². The zero-order chi connectivity index (χ0) is 18.2. The Labute approximate surface area is 152 Å². The van der Waals surface area contributed by atoms with Crippen LogP contribution >= 0.6 is 0 Å². The molecule has 7 nitrogen and oxygen atoms in total. The first-order chi connectivity index (χ1) is 12.8. The number of aromatic nitrogens is 3. The van der Waals surface area contributed by atoms with Gasteiger partial charge in [0.25, 0.3) is 0 Å². The van der Waals surface area contributed by atoms with Gasteiger partial charge in [0.15, 0.2) is 0 Å². The van der Waals surface area contributed by atoms with Crippen LogP contribution in [0, 0.1) is 0 Å². The first-order valence-corrected chi connectivity index (χ1v) is 8.20. The van der Waals surface area contributed by atoms with Gasteiger partial charge < -0.3 is 20.1 Å². The summed E-state index contributed by atoms with van der Waals surface area (Å²) in [4.78, 5) is 12.7. The van der Waals surface area contributed by atoms with Gasteiger partial charge in [-0.2, -0.15) is 9.97 Å². The molecule has 1 aromatic carbocycles. The number of anilines is 2. The fourth-order valence-electron chi connectivity index (χ4n) is 2.32. The lowest BCUT2D eigenvalue weighted by atomic mass is 10.1. The van der Waals surface area contributed by atoms with Crippen LogP contribution in [0.2, 0.25) is 0 Å². The molecule has 2 N–H and O–H groups in total. The Hall–Kier alpha value is -3.35. The van der Waals surface area contributed by atoms with Crippen molar-refractivity contribution >= 4 is 11.8 Å². The van der Waals surface area contributed by atoms with Crippen LogP contribution in [-0.2, 0) is 13.1 Å². The van der Waals surface area contributed by atoms with Crippen LogP contribution in [-0.4, -0.2) is 29.2 Å². The molecule has 7 heteroatoms. The van der Waals surface area contributed by atoms with Gasteiger partial charge in [0.2, 0.25) is 17.7 Å². The molecule has 0 radical (unpaired) electrons. The molecule has 0 aliphatic rings. The summed E-state index contributed by atoms with van der Waals surface area (Å²) in [7, 11) is 3.19. The van der Waals surface area contributed by atoms with Gasteiger partial charge in [-0.15, -0.1) is 0 Å². The van der Waals surface area contributed by atoms with E-state index in [0.717, 1.165) is 16.9 Å².